The Morgan fingerprint density at radius 2 is 1.60 bits per heavy atom. The molecule has 0 aliphatic heterocycles. The van der Waals surface area contributed by atoms with Gasteiger partial charge in [0.2, 0.25) is 0 Å². The van der Waals surface area contributed by atoms with Gasteiger partial charge in [-0.25, -0.2) is 0 Å². The molecule has 0 spiro atoms. The molecule has 1 N–H and O–H groups in total. The normalized spacial score (nSPS) is 13.2. The standard InChI is InChI=1S/C7H12O3/c1-4(2)6(8)5(3)7(9)10/h4-5H,1-3H3,(H,9,10)/t5-/m1/s1. The minimum absolute atomic E-state index is 0.189. The minimum Gasteiger partial charge on any atom is -0.481 e. The highest BCUT2D eigenvalue weighted by atomic mass is 16.4. The van der Waals surface area contributed by atoms with E-state index in [1.54, 1.807) is 13.8 Å². The summed E-state index contributed by atoms with van der Waals surface area (Å²) in [6.07, 6.45) is 0. The van der Waals surface area contributed by atoms with Crippen LogP contribution in [-0.2, 0) is 9.59 Å². The Labute approximate surface area is 60.0 Å². The van der Waals surface area contributed by atoms with Crippen LogP contribution < -0.4 is 0 Å². The van der Waals surface area contributed by atoms with Crippen molar-refractivity contribution in [1.82, 2.24) is 0 Å². The molecule has 0 saturated carbocycles. The molecule has 0 aliphatic carbocycles. The summed E-state index contributed by atoms with van der Waals surface area (Å²) in [6.45, 7) is 4.80. The maximum absolute atomic E-state index is 10.9. The Kier molecular flexibility index (Phi) is 3.06. The smallest absolute Gasteiger partial charge is 0.313 e. The lowest BCUT2D eigenvalue weighted by Gasteiger charge is -2.06. The number of carbonyl (C=O) groups is 2. The average molecular weight is 144 g/mol. The molecule has 0 aromatic carbocycles. The van der Waals surface area contributed by atoms with Crippen LogP contribution in [0.1, 0.15) is 20.8 Å². The van der Waals surface area contributed by atoms with Gasteiger partial charge in [0.25, 0.3) is 0 Å². The SMILES string of the molecule is CC(C)C(=O)[C@@H](C)C(=O)O. The molecule has 0 bridgehead atoms. The molecule has 3 nitrogen and oxygen atoms in total. The Hall–Kier alpha value is -0.860. The zero-order valence-corrected chi connectivity index (χ0v) is 6.42. The molecule has 58 valence electrons. The van der Waals surface area contributed by atoms with E-state index in [1.807, 2.05) is 0 Å². The third kappa shape index (κ3) is 2.17. The van der Waals surface area contributed by atoms with Crippen LogP contribution in [0.4, 0.5) is 0 Å². The number of carboxylic acids is 1. The molecule has 0 saturated heterocycles. The fraction of sp³-hybridized carbons (Fsp3) is 0.714. The molecule has 0 rings (SSSR count). The maximum atomic E-state index is 10.9. The zero-order chi connectivity index (χ0) is 8.31. The lowest BCUT2D eigenvalue weighted by atomic mass is 9.97. The molecule has 0 fully saturated rings. The largest absolute Gasteiger partial charge is 0.481 e. The van der Waals surface area contributed by atoms with E-state index in [0.717, 1.165) is 0 Å². The van der Waals surface area contributed by atoms with Gasteiger partial charge in [-0.15, -0.1) is 0 Å². The molecule has 0 aromatic heterocycles. The molecular formula is C7H12O3. The first-order valence-electron chi connectivity index (χ1n) is 3.23. The van der Waals surface area contributed by atoms with E-state index >= 15 is 0 Å². The van der Waals surface area contributed by atoms with Gasteiger partial charge in [0.05, 0.1) is 0 Å². The van der Waals surface area contributed by atoms with Crippen LogP contribution in [0, 0.1) is 11.8 Å². The van der Waals surface area contributed by atoms with Gasteiger partial charge in [-0.2, -0.15) is 0 Å². The monoisotopic (exact) mass is 144 g/mol. The van der Waals surface area contributed by atoms with Crippen molar-refractivity contribution in [2.75, 3.05) is 0 Å². The number of carbonyl (C=O) groups excluding carboxylic acids is 1. The van der Waals surface area contributed by atoms with E-state index in [9.17, 15) is 9.59 Å². The number of ketones is 1. The van der Waals surface area contributed by atoms with Crippen molar-refractivity contribution in [3.05, 3.63) is 0 Å². The third-order valence-corrected chi connectivity index (χ3v) is 1.37. The molecule has 0 aromatic rings. The van der Waals surface area contributed by atoms with Crippen molar-refractivity contribution >= 4 is 11.8 Å². The van der Waals surface area contributed by atoms with Crippen molar-refractivity contribution in [2.24, 2.45) is 11.8 Å². The highest BCUT2D eigenvalue weighted by Crippen LogP contribution is 2.05. The summed E-state index contributed by atoms with van der Waals surface area (Å²) < 4.78 is 0. The van der Waals surface area contributed by atoms with Crippen molar-refractivity contribution in [3.8, 4) is 0 Å². The first-order valence-corrected chi connectivity index (χ1v) is 3.23. The number of Topliss-reactive ketones (excluding diaryl/α,β-unsaturated/α-hetero) is 1. The number of hydrogen-bond acceptors (Lipinski definition) is 2. The summed E-state index contributed by atoms with van der Waals surface area (Å²) in [6, 6.07) is 0. The van der Waals surface area contributed by atoms with E-state index in [0.29, 0.717) is 0 Å². The van der Waals surface area contributed by atoms with Crippen LogP contribution in [0.15, 0.2) is 0 Å². The number of aliphatic carboxylic acids is 1. The topological polar surface area (TPSA) is 54.4 Å². The average Bonchev–Trinajstić information content (AvgIpc) is 1.84. The van der Waals surface area contributed by atoms with Crippen molar-refractivity contribution in [2.45, 2.75) is 20.8 Å². The maximum Gasteiger partial charge on any atom is 0.313 e. The Balaban J connectivity index is 4.08. The van der Waals surface area contributed by atoms with E-state index in [2.05, 4.69) is 0 Å². The van der Waals surface area contributed by atoms with Crippen molar-refractivity contribution in [3.63, 3.8) is 0 Å². The molecule has 0 amide bonds. The van der Waals surface area contributed by atoms with Crippen LogP contribution >= 0.6 is 0 Å². The second kappa shape index (κ2) is 3.34. The molecule has 0 unspecified atom stereocenters. The molecular weight excluding hydrogens is 132 g/mol. The van der Waals surface area contributed by atoms with Gasteiger partial charge in [-0.1, -0.05) is 13.8 Å². The first-order chi connectivity index (χ1) is 4.46. The predicted octanol–water partition coefficient (Wildman–Crippen LogP) is 0.932. The summed E-state index contributed by atoms with van der Waals surface area (Å²) in [7, 11) is 0. The fourth-order valence-electron chi connectivity index (χ4n) is 0.622. The van der Waals surface area contributed by atoms with Crippen LogP contribution in [0.5, 0.6) is 0 Å². The summed E-state index contributed by atoms with van der Waals surface area (Å²) in [5, 5.41) is 8.38. The van der Waals surface area contributed by atoms with E-state index < -0.39 is 11.9 Å². The molecule has 3 heteroatoms. The molecule has 0 aliphatic rings. The lowest BCUT2D eigenvalue weighted by molar-refractivity contribution is -0.146. The third-order valence-electron chi connectivity index (χ3n) is 1.37. The highest BCUT2D eigenvalue weighted by molar-refractivity contribution is 5.98. The summed E-state index contributed by atoms with van der Waals surface area (Å²) in [5.74, 6) is -2.31. The predicted molar refractivity (Wildman–Crippen MR) is 36.6 cm³/mol. The van der Waals surface area contributed by atoms with Crippen LogP contribution in [-0.4, -0.2) is 16.9 Å². The Bertz CT molecular complexity index is 149. The summed E-state index contributed by atoms with van der Waals surface area (Å²) in [4.78, 5) is 21.1. The van der Waals surface area contributed by atoms with E-state index in [1.165, 1.54) is 6.92 Å². The summed E-state index contributed by atoms with van der Waals surface area (Å²) >= 11 is 0. The molecule has 0 radical (unpaired) electrons. The Morgan fingerprint density at radius 1 is 1.20 bits per heavy atom. The second-order valence-electron chi connectivity index (χ2n) is 2.62. The number of hydrogen-bond donors (Lipinski definition) is 1. The molecule has 10 heavy (non-hydrogen) atoms. The zero-order valence-electron chi connectivity index (χ0n) is 6.42. The fourth-order valence-corrected chi connectivity index (χ4v) is 0.622. The molecule has 0 heterocycles. The lowest BCUT2D eigenvalue weighted by Crippen LogP contribution is -2.24. The second-order valence-corrected chi connectivity index (χ2v) is 2.62. The van der Waals surface area contributed by atoms with Gasteiger partial charge in [-0.3, -0.25) is 9.59 Å². The number of carboxylic acid groups (broad SMARTS) is 1. The van der Waals surface area contributed by atoms with Gasteiger partial charge >= 0.3 is 5.97 Å². The van der Waals surface area contributed by atoms with Gasteiger partial charge in [0, 0.05) is 5.92 Å². The van der Waals surface area contributed by atoms with E-state index in [4.69, 9.17) is 5.11 Å². The summed E-state index contributed by atoms with van der Waals surface area (Å²) in [5.41, 5.74) is 0. The Morgan fingerprint density at radius 3 is 1.70 bits per heavy atom. The van der Waals surface area contributed by atoms with Crippen molar-refractivity contribution in [1.29, 1.82) is 0 Å². The van der Waals surface area contributed by atoms with Gasteiger partial charge < -0.3 is 5.11 Å². The highest BCUT2D eigenvalue weighted by Gasteiger charge is 2.22. The van der Waals surface area contributed by atoms with Gasteiger partial charge in [0.15, 0.2) is 0 Å². The number of rotatable bonds is 3. The van der Waals surface area contributed by atoms with Crippen LogP contribution in [0.2, 0.25) is 0 Å². The minimum atomic E-state index is -1.04. The van der Waals surface area contributed by atoms with E-state index in [-0.39, 0.29) is 11.7 Å². The van der Waals surface area contributed by atoms with Gasteiger partial charge in [-0.05, 0) is 6.92 Å². The van der Waals surface area contributed by atoms with Crippen molar-refractivity contribution < 1.29 is 14.7 Å². The quantitative estimate of drug-likeness (QED) is 0.599. The first kappa shape index (κ1) is 9.14. The van der Waals surface area contributed by atoms with Gasteiger partial charge in [0.1, 0.15) is 11.7 Å². The van der Waals surface area contributed by atoms with Crippen LogP contribution in [0.25, 0.3) is 0 Å². The molecule has 1 atom stereocenters. The van der Waals surface area contributed by atoms with Crippen LogP contribution in [0.3, 0.4) is 0 Å².